The average Bonchev–Trinajstić information content (AvgIpc) is 2.27. The fourth-order valence-electron chi connectivity index (χ4n) is 1.31. The number of ether oxygens (including phenoxy) is 1. The molecule has 0 bridgehead atoms. The van der Waals surface area contributed by atoms with Gasteiger partial charge in [-0.25, -0.2) is 8.78 Å². The topological polar surface area (TPSA) is 79.3 Å². The van der Waals surface area contributed by atoms with Crippen molar-refractivity contribution in [3.8, 4) is 17.6 Å². The maximum absolute atomic E-state index is 12.5. The van der Waals surface area contributed by atoms with Gasteiger partial charge in [0.25, 0.3) is 6.43 Å². The Hall–Kier alpha value is -1.87. The highest BCUT2D eigenvalue weighted by atomic mass is 19.3. The SMILES string of the molecule is COc1ccc(C#N)c([C@@H](N)C(F)F)c1O. The minimum atomic E-state index is -2.87. The molecule has 1 rings (SSSR count). The molecule has 0 heterocycles. The number of alkyl halides is 2. The van der Waals surface area contributed by atoms with Gasteiger partial charge in [0.2, 0.25) is 0 Å². The molecule has 0 saturated carbocycles. The van der Waals surface area contributed by atoms with Gasteiger partial charge in [0.1, 0.15) is 0 Å². The Morgan fingerprint density at radius 3 is 2.56 bits per heavy atom. The van der Waals surface area contributed by atoms with E-state index in [2.05, 4.69) is 0 Å². The lowest BCUT2D eigenvalue weighted by Gasteiger charge is -2.16. The van der Waals surface area contributed by atoms with E-state index in [0.717, 1.165) is 0 Å². The van der Waals surface area contributed by atoms with Crippen molar-refractivity contribution in [2.45, 2.75) is 12.5 Å². The quantitative estimate of drug-likeness (QED) is 0.822. The van der Waals surface area contributed by atoms with Crippen molar-refractivity contribution in [1.29, 1.82) is 5.26 Å². The van der Waals surface area contributed by atoms with Crippen molar-refractivity contribution in [2.75, 3.05) is 7.11 Å². The first-order valence-electron chi connectivity index (χ1n) is 4.36. The van der Waals surface area contributed by atoms with Crippen LogP contribution < -0.4 is 10.5 Å². The molecule has 0 unspecified atom stereocenters. The lowest BCUT2D eigenvalue weighted by Crippen LogP contribution is -2.20. The Labute approximate surface area is 90.9 Å². The van der Waals surface area contributed by atoms with Crippen molar-refractivity contribution < 1.29 is 18.6 Å². The van der Waals surface area contributed by atoms with E-state index >= 15 is 0 Å². The number of methoxy groups -OCH3 is 1. The number of phenolic OH excluding ortho intramolecular Hbond substituents is 1. The van der Waals surface area contributed by atoms with Gasteiger partial charge < -0.3 is 15.6 Å². The average molecular weight is 228 g/mol. The Kier molecular flexibility index (Phi) is 3.64. The van der Waals surface area contributed by atoms with Crippen LogP contribution in [0.3, 0.4) is 0 Å². The minimum Gasteiger partial charge on any atom is -0.504 e. The second-order valence-electron chi connectivity index (χ2n) is 3.05. The monoisotopic (exact) mass is 228 g/mol. The van der Waals surface area contributed by atoms with Gasteiger partial charge in [0.05, 0.1) is 24.8 Å². The van der Waals surface area contributed by atoms with Crippen LogP contribution in [0.5, 0.6) is 11.5 Å². The number of rotatable bonds is 3. The highest BCUT2D eigenvalue weighted by Crippen LogP contribution is 2.37. The highest BCUT2D eigenvalue weighted by Gasteiger charge is 2.26. The largest absolute Gasteiger partial charge is 0.504 e. The number of halogens is 2. The van der Waals surface area contributed by atoms with E-state index < -0.39 is 18.2 Å². The van der Waals surface area contributed by atoms with E-state index in [-0.39, 0.29) is 16.9 Å². The van der Waals surface area contributed by atoms with Gasteiger partial charge in [0.15, 0.2) is 11.5 Å². The third kappa shape index (κ3) is 2.04. The molecule has 1 aromatic rings. The maximum Gasteiger partial charge on any atom is 0.257 e. The summed E-state index contributed by atoms with van der Waals surface area (Å²) in [5.74, 6) is -0.514. The molecule has 0 amide bonds. The molecule has 3 N–H and O–H groups in total. The van der Waals surface area contributed by atoms with E-state index in [9.17, 15) is 13.9 Å². The molecule has 1 atom stereocenters. The molecular weight excluding hydrogens is 218 g/mol. The summed E-state index contributed by atoms with van der Waals surface area (Å²) in [7, 11) is 1.28. The first-order chi connectivity index (χ1) is 7.52. The Morgan fingerprint density at radius 1 is 1.50 bits per heavy atom. The molecule has 86 valence electrons. The summed E-state index contributed by atoms with van der Waals surface area (Å²) in [6, 6.07) is 2.57. The highest BCUT2D eigenvalue weighted by molar-refractivity contribution is 5.55. The predicted molar refractivity (Wildman–Crippen MR) is 52.3 cm³/mol. The predicted octanol–water partition coefficient (Wildman–Crippen LogP) is 1.54. The van der Waals surface area contributed by atoms with Gasteiger partial charge in [-0.05, 0) is 12.1 Å². The van der Waals surface area contributed by atoms with Crippen LogP contribution in [0.2, 0.25) is 0 Å². The number of hydrogen-bond donors (Lipinski definition) is 2. The number of benzene rings is 1. The molecule has 0 saturated heterocycles. The standard InChI is InChI=1S/C10H10F2N2O2/c1-16-6-3-2-5(4-13)7(9(6)15)8(14)10(11)12/h2-3,8,10,15H,14H2,1H3/t8-/m1/s1. The molecule has 16 heavy (non-hydrogen) atoms. The lowest BCUT2D eigenvalue weighted by molar-refractivity contribution is 0.115. The summed E-state index contributed by atoms with van der Waals surface area (Å²) < 4.78 is 29.7. The number of phenols is 1. The molecular formula is C10H10F2N2O2. The van der Waals surface area contributed by atoms with Gasteiger partial charge in [-0.15, -0.1) is 0 Å². The van der Waals surface area contributed by atoms with Crippen molar-refractivity contribution in [3.63, 3.8) is 0 Å². The zero-order valence-electron chi connectivity index (χ0n) is 8.45. The van der Waals surface area contributed by atoms with Gasteiger partial charge in [-0.2, -0.15) is 5.26 Å². The Morgan fingerprint density at radius 2 is 2.12 bits per heavy atom. The van der Waals surface area contributed by atoms with Crippen molar-refractivity contribution in [3.05, 3.63) is 23.3 Å². The van der Waals surface area contributed by atoms with Crippen LogP contribution in [0.25, 0.3) is 0 Å². The maximum atomic E-state index is 12.5. The summed E-state index contributed by atoms with van der Waals surface area (Å²) in [6.07, 6.45) is -2.87. The minimum absolute atomic E-state index is 0.00472. The van der Waals surface area contributed by atoms with Crippen LogP contribution in [0, 0.1) is 11.3 Å². The third-order valence-electron chi connectivity index (χ3n) is 2.13. The van der Waals surface area contributed by atoms with Crippen molar-refractivity contribution >= 4 is 0 Å². The Balaban J connectivity index is 3.39. The first kappa shape index (κ1) is 12.2. The van der Waals surface area contributed by atoms with Crippen LogP contribution in [0.4, 0.5) is 8.78 Å². The van der Waals surface area contributed by atoms with Gasteiger partial charge in [-0.1, -0.05) is 0 Å². The van der Waals surface area contributed by atoms with E-state index in [4.69, 9.17) is 15.7 Å². The summed E-state index contributed by atoms with van der Waals surface area (Å²) in [4.78, 5) is 0. The van der Waals surface area contributed by atoms with Crippen LogP contribution in [0.15, 0.2) is 12.1 Å². The second-order valence-corrected chi connectivity index (χ2v) is 3.05. The molecule has 4 nitrogen and oxygen atoms in total. The molecule has 1 aromatic carbocycles. The Bertz CT molecular complexity index is 430. The van der Waals surface area contributed by atoms with Gasteiger partial charge >= 0.3 is 0 Å². The molecule has 0 aliphatic heterocycles. The molecule has 0 aliphatic rings. The molecule has 0 aromatic heterocycles. The summed E-state index contributed by atoms with van der Waals surface area (Å²) in [5.41, 5.74) is 4.84. The number of hydrogen-bond acceptors (Lipinski definition) is 4. The van der Waals surface area contributed by atoms with Crippen LogP contribution >= 0.6 is 0 Å². The smallest absolute Gasteiger partial charge is 0.257 e. The summed E-state index contributed by atoms with van der Waals surface area (Å²) >= 11 is 0. The molecule has 0 aliphatic carbocycles. The van der Waals surface area contributed by atoms with E-state index in [1.54, 1.807) is 6.07 Å². The lowest BCUT2D eigenvalue weighted by atomic mass is 10.00. The normalized spacial score (nSPS) is 12.2. The van der Waals surface area contributed by atoms with Crippen molar-refractivity contribution in [2.24, 2.45) is 5.73 Å². The van der Waals surface area contributed by atoms with Crippen molar-refractivity contribution in [1.82, 2.24) is 0 Å². The van der Waals surface area contributed by atoms with Gasteiger partial charge in [0, 0.05) is 5.56 Å². The fraction of sp³-hybridized carbons (Fsp3) is 0.300. The third-order valence-corrected chi connectivity index (χ3v) is 2.13. The summed E-state index contributed by atoms with van der Waals surface area (Å²) in [6.45, 7) is 0. The van der Waals surface area contributed by atoms with Crippen LogP contribution in [-0.2, 0) is 0 Å². The number of nitrogens with zero attached hydrogens (tertiary/aromatic N) is 1. The number of nitriles is 1. The fourth-order valence-corrected chi connectivity index (χ4v) is 1.31. The second kappa shape index (κ2) is 4.77. The van der Waals surface area contributed by atoms with Gasteiger partial charge in [-0.3, -0.25) is 0 Å². The van der Waals surface area contributed by atoms with Crippen LogP contribution in [-0.4, -0.2) is 18.6 Å². The number of aromatic hydroxyl groups is 1. The van der Waals surface area contributed by atoms with E-state index in [0.29, 0.717) is 0 Å². The first-order valence-corrected chi connectivity index (χ1v) is 4.36. The molecule has 0 fully saturated rings. The molecule has 0 spiro atoms. The summed E-state index contributed by atoms with van der Waals surface area (Å²) in [5, 5.41) is 18.4. The van der Waals surface area contributed by atoms with Crippen LogP contribution in [0.1, 0.15) is 17.2 Å². The molecule has 0 radical (unpaired) electrons. The van der Waals surface area contributed by atoms with E-state index in [1.165, 1.54) is 19.2 Å². The molecule has 6 heteroatoms. The zero-order valence-corrected chi connectivity index (χ0v) is 8.45. The zero-order chi connectivity index (χ0) is 12.3. The van der Waals surface area contributed by atoms with E-state index in [1.807, 2.05) is 0 Å². The number of nitrogens with two attached hydrogens (primary N) is 1.